The molecule has 0 bridgehead atoms. The molecule has 0 fully saturated rings. The van der Waals surface area contributed by atoms with Gasteiger partial charge in [0.15, 0.2) is 0 Å². The Kier molecular flexibility index (Phi) is 4.67. The zero-order chi connectivity index (χ0) is 25.9. The van der Waals surface area contributed by atoms with E-state index in [1.807, 2.05) is 0 Å². The molecular formula is C36H25N3. The summed E-state index contributed by atoms with van der Waals surface area (Å²) in [6, 6.07) is 49.5. The molecule has 0 saturated carbocycles. The highest BCUT2D eigenvalue weighted by Crippen LogP contribution is 2.36. The lowest BCUT2D eigenvalue weighted by Gasteiger charge is -2.14. The van der Waals surface area contributed by atoms with Crippen LogP contribution >= 0.6 is 0 Å². The molecule has 0 aliphatic heterocycles. The van der Waals surface area contributed by atoms with Gasteiger partial charge in [0.05, 0.1) is 22.1 Å². The van der Waals surface area contributed by atoms with Crippen LogP contribution in [0.4, 0.5) is 5.69 Å². The van der Waals surface area contributed by atoms with E-state index in [1.165, 1.54) is 43.6 Å². The molecule has 6 aromatic carbocycles. The molecule has 0 atom stereocenters. The third-order valence-electron chi connectivity index (χ3n) is 7.80. The molecule has 8 aromatic rings. The van der Waals surface area contributed by atoms with Crippen LogP contribution < -0.4 is 5.73 Å². The van der Waals surface area contributed by atoms with Crippen LogP contribution in [0.1, 0.15) is 0 Å². The molecule has 184 valence electrons. The molecule has 0 saturated heterocycles. The Labute approximate surface area is 226 Å². The first-order valence-electron chi connectivity index (χ1n) is 13.2. The van der Waals surface area contributed by atoms with Gasteiger partial charge in [-0.3, -0.25) is 0 Å². The average Bonchev–Trinajstić information content (AvgIpc) is 3.50. The second kappa shape index (κ2) is 8.37. The Bertz CT molecular complexity index is 2090. The Morgan fingerprint density at radius 3 is 1.31 bits per heavy atom. The molecule has 0 aliphatic rings. The van der Waals surface area contributed by atoms with Crippen LogP contribution in [0.15, 0.2) is 140 Å². The van der Waals surface area contributed by atoms with Crippen LogP contribution in [0.25, 0.3) is 66.1 Å². The lowest BCUT2D eigenvalue weighted by atomic mass is 10.0. The molecule has 2 aromatic heterocycles. The summed E-state index contributed by atoms with van der Waals surface area (Å²) in [5.74, 6) is 0. The lowest BCUT2D eigenvalue weighted by Crippen LogP contribution is -1.98. The van der Waals surface area contributed by atoms with Crippen molar-refractivity contribution in [2.75, 3.05) is 5.73 Å². The van der Waals surface area contributed by atoms with Gasteiger partial charge in [-0.05, 0) is 65.7 Å². The number of benzene rings is 6. The Balaban J connectivity index is 1.34. The summed E-state index contributed by atoms with van der Waals surface area (Å²) >= 11 is 0. The number of fused-ring (bicyclic) bond motifs is 6. The molecule has 0 radical (unpaired) electrons. The normalized spacial score (nSPS) is 11.7. The number of nitrogens with zero attached hydrogens (tertiary/aromatic N) is 2. The van der Waals surface area contributed by atoms with Crippen molar-refractivity contribution in [1.82, 2.24) is 9.13 Å². The van der Waals surface area contributed by atoms with E-state index in [0.717, 1.165) is 28.2 Å². The van der Waals surface area contributed by atoms with E-state index in [0.29, 0.717) is 0 Å². The van der Waals surface area contributed by atoms with E-state index >= 15 is 0 Å². The van der Waals surface area contributed by atoms with Crippen LogP contribution in [0.3, 0.4) is 0 Å². The first-order chi connectivity index (χ1) is 19.3. The maximum Gasteiger partial charge on any atom is 0.0541 e. The van der Waals surface area contributed by atoms with Crippen molar-refractivity contribution < 1.29 is 0 Å². The number of nitrogens with two attached hydrogens (primary N) is 1. The van der Waals surface area contributed by atoms with Crippen molar-refractivity contribution in [3.63, 3.8) is 0 Å². The van der Waals surface area contributed by atoms with Crippen molar-refractivity contribution in [2.24, 2.45) is 0 Å². The average molecular weight is 500 g/mol. The van der Waals surface area contributed by atoms with Crippen molar-refractivity contribution in [3.8, 4) is 22.5 Å². The highest BCUT2D eigenvalue weighted by Gasteiger charge is 2.15. The molecule has 39 heavy (non-hydrogen) atoms. The van der Waals surface area contributed by atoms with Gasteiger partial charge in [-0.25, -0.2) is 0 Å². The number of hydrogen-bond donors (Lipinski definition) is 1. The predicted octanol–water partition coefficient (Wildman–Crippen LogP) is 9.13. The SMILES string of the molecule is Nc1cc(-c2cccc(-n3c4ccccc4c4ccccc43)c2)cc(-n2c3ccccc3c3ccccc32)c1. The highest BCUT2D eigenvalue weighted by atomic mass is 15.0. The van der Waals surface area contributed by atoms with Crippen molar-refractivity contribution in [2.45, 2.75) is 0 Å². The van der Waals surface area contributed by atoms with Gasteiger partial charge in [-0.1, -0.05) is 84.9 Å². The van der Waals surface area contributed by atoms with Gasteiger partial charge >= 0.3 is 0 Å². The third kappa shape index (κ3) is 3.30. The summed E-state index contributed by atoms with van der Waals surface area (Å²) in [6.07, 6.45) is 0. The summed E-state index contributed by atoms with van der Waals surface area (Å²) < 4.78 is 4.68. The van der Waals surface area contributed by atoms with E-state index < -0.39 is 0 Å². The van der Waals surface area contributed by atoms with Crippen molar-refractivity contribution >= 4 is 49.3 Å². The number of para-hydroxylation sites is 4. The second-order valence-electron chi connectivity index (χ2n) is 10.1. The fourth-order valence-corrected chi connectivity index (χ4v) is 6.16. The Morgan fingerprint density at radius 2 is 0.795 bits per heavy atom. The molecule has 3 heteroatoms. The highest BCUT2D eigenvalue weighted by molar-refractivity contribution is 6.10. The van der Waals surface area contributed by atoms with Crippen molar-refractivity contribution in [3.05, 3.63) is 140 Å². The summed E-state index contributed by atoms with van der Waals surface area (Å²) in [5.41, 5.74) is 16.5. The van der Waals surface area contributed by atoms with Gasteiger partial charge in [-0.15, -0.1) is 0 Å². The first-order valence-corrected chi connectivity index (χ1v) is 13.2. The maximum absolute atomic E-state index is 6.55. The standard InChI is InChI=1S/C36H25N3/c37-26-20-25(22-28(23-26)39-35-18-7-3-14-31(35)32-15-4-8-19-36(32)39)24-10-9-11-27(21-24)38-33-16-5-1-12-29(33)30-13-2-6-17-34(30)38/h1-23H,37H2. The summed E-state index contributed by atoms with van der Waals surface area (Å²) in [7, 11) is 0. The van der Waals surface area contributed by atoms with E-state index in [9.17, 15) is 0 Å². The molecular weight excluding hydrogens is 474 g/mol. The molecule has 2 heterocycles. The minimum Gasteiger partial charge on any atom is -0.399 e. The van der Waals surface area contributed by atoms with E-state index in [2.05, 4.69) is 149 Å². The monoisotopic (exact) mass is 499 g/mol. The number of anilines is 1. The number of hydrogen-bond acceptors (Lipinski definition) is 1. The number of rotatable bonds is 3. The van der Waals surface area contributed by atoms with E-state index in [-0.39, 0.29) is 0 Å². The van der Waals surface area contributed by atoms with E-state index in [4.69, 9.17) is 5.73 Å². The van der Waals surface area contributed by atoms with E-state index in [1.54, 1.807) is 0 Å². The molecule has 0 aliphatic carbocycles. The molecule has 0 spiro atoms. The quantitative estimate of drug-likeness (QED) is 0.242. The summed E-state index contributed by atoms with van der Waals surface area (Å²) in [4.78, 5) is 0. The second-order valence-corrected chi connectivity index (χ2v) is 10.1. The molecule has 2 N–H and O–H groups in total. The summed E-state index contributed by atoms with van der Waals surface area (Å²) in [5, 5.41) is 5.00. The lowest BCUT2D eigenvalue weighted by molar-refractivity contribution is 1.17. The zero-order valence-corrected chi connectivity index (χ0v) is 21.3. The fourth-order valence-electron chi connectivity index (χ4n) is 6.16. The van der Waals surface area contributed by atoms with Gasteiger partial charge in [0.2, 0.25) is 0 Å². The van der Waals surface area contributed by atoms with Crippen LogP contribution in [0.5, 0.6) is 0 Å². The van der Waals surface area contributed by atoms with Gasteiger partial charge < -0.3 is 14.9 Å². The van der Waals surface area contributed by atoms with Crippen LogP contribution in [-0.4, -0.2) is 9.13 Å². The Hall–Kier alpha value is -5.28. The molecule has 0 unspecified atom stereocenters. The minimum absolute atomic E-state index is 0.742. The number of aromatic nitrogens is 2. The van der Waals surface area contributed by atoms with Crippen molar-refractivity contribution in [1.29, 1.82) is 0 Å². The first kappa shape index (κ1) is 21.8. The van der Waals surface area contributed by atoms with Gasteiger partial charge in [0, 0.05) is 38.6 Å². The smallest absolute Gasteiger partial charge is 0.0541 e. The zero-order valence-electron chi connectivity index (χ0n) is 21.3. The number of nitrogen functional groups attached to an aromatic ring is 1. The van der Waals surface area contributed by atoms with Crippen LogP contribution in [0.2, 0.25) is 0 Å². The van der Waals surface area contributed by atoms with Gasteiger partial charge in [-0.2, -0.15) is 0 Å². The van der Waals surface area contributed by atoms with Crippen LogP contribution in [0, 0.1) is 0 Å². The molecule has 8 rings (SSSR count). The van der Waals surface area contributed by atoms with Gasteiger partial charge in [0.1, 0.15) is 0 Å². The molecule has 0 amide bonds. The third-order valence-corrected chi connectivity index (χ3v) is 7.80. The topological polar surface area (TPSA) is 35.9 Å². The largest absolute Gasteiger partial charge is 0.399 e. The summed E-state index contributed by atoms with van der Waals surface area (Å²) in [6.45, 7) is 0. The van der Waals surface area contributed by atoms with Crippen LogP contribution in [-0.2, 0) is 0 Å². The minimum atomic E-state index is 0.742. The predicted molar refractivity (Wildman–Crippen MR) is 165 cm³/mol. The maximum atomic E-state index is 6.55. The Morgan fingerprint density at radius 1 is 0.359 bits per heavy atom. The molecule has 3 nitrogen and oxygen atoms in total. The fraction of sp³-hybridized carbons (Fsp3) is 0. The van der Waals surface area contributed by atoms with Gasteiger partial charge in [0.25, 0.3) is 0 Å².